The van der Waals surface area contributed by atoms with Crippen LogP contribution in [0.5, 0.6) is 0 Å². The van der Waals surface area contributed by atoms with Gasteiger partial charge in [-0.05, 0) is 24.8 Å². The fourth-order valence-corrected chi connectivity index (χ4v) is 2.18. The van der Waals surface area contributed by atoms with Gasteiger partial charge in [-0.25, -0.2) is 15.8 Å². The van der Waals surface area contributed by atoms with Crippen LogP contribution in [-0.2, 0) is 0 Å². The van der Waals surface area contributed by atoms with E-state index in [9.17, 15) is 0 Å². The Kier molecular flexibility index (Phi) is 2.66. The van der Waals surface area contributed by atoms with Crippen molar-refractivity contribution >= 4 is 17.2 Å². The largest absolute Gasteiger partial charge is 0.308 e. The van der Waals surface area contributed by atoms with Crippen LogP contribution in [0, 0.1) is 13.8 Å². The smallest absolute Gasteiger partial charge is 0.162 e. The maximum atomic E-state index is 5.34. The third-order valence-electron chi connectivity index (χ3n) is 2.10. The highest BCUT2D eigenvalue weighted by Crippen LogP contribution is 2.24. The second kappa shape index (κ2) is 3.96. The lowest BCUT2D eigenvalue weighted by molar-refractivity contribution is 1.09. The fraction of sp³-hybridized carbons (Fsp3) is 0.200. The highest BCUT2D eigenvalue weighted by molar-refractivity contribution is 7.08. The zero-order chi connectivity index (χ0) is 10.8. The third-order valence-corrected chi connectivity index (χ3v) is 2.96. The molecule has 0 aliphatic rings. The molecular formula is C10H12N4S. The van der Waals surface area contributed by atoms with E-state index in [0.29, 0.717) is 5.82 Å². The number of hydrogen-bond donors (Lipinski definition) is 2. The van der Waals surface area contributed by atoms with E-state index < -0.39 is 0 Å². The minimum absolute atomic E-state index is 0.642. The van der Waals surface area contributed by atoms with Gasteiger partial charge >= 0.3 is 0 Å². The van der Waals surface area contributed by atoms with Crippen molar-refractivity contribution in [1.29, 1.82) is 0 Å². The Balaban J connectivity index is 2.53. The van der Waals surface area contributed by atoms with E-state index in [1.165, 1.54) is 5.56 Å². The number of anilines is 1. The molecule has 0 aliphatic heterocycles. The molecule has 0 fully saturated rings. The number of nitrogens with zero attached hydrogens (tertiary/aromatic N) is 2. The monoisotopic (exact) mass is 220 g/mol. The van der Waals surface area contributed by atoms with E-state index >= 15 is 0 Å². The minimum atomic E-state index is 0.642. The van der Waals surface area contributed by atoms with Crippen molar-refractivity contribution in [3.8, 4) is 11.4 Å². The van der Waals surface area contributed by atoms with E-state index in [2.05, 4.69) is 20.8 Å². The van der Waals surface area contributed by atoms with Gasteiger partial charge in [0.25, 0.3) is 0 Å². The highest BCUT2D eigenvalue weighted by Gasteiger charge is 2.07. The van der Waals surface area contributed by atoms with Crippen molar-refractivity contribution in [2.75, 3.05) is 5.43 Å². The highest BCUT2D eigenvalue weighted by atomic mass is 32.1. The van der Waals surface area contributed by atoms with Gasteiger partial charge in [-0.2, -0.15) is 11.3 Å². The summed E-state index contributed by atoms with van der Waals surface area (Å²) in [7, 11) is 0. The first-order valence-corrected chi connectivity index (χ1v) is 5.50. The van der Waals surface area contributed by atoms with Crippen LogP contribution in [-0.4, -0.2) is 9.97 Å². The van der Waals surface area contributed by atoms with Gasteiger partial charge in [0.1, 0.15) is 5.82 Å². The zero-order valence-corrected chi connectivity index (χ0v) is 9.43. The molecule has 0 saturated heterocycles. The lowest BCUT2D eigenvalue weighted by atomic mass is 10.2. The third kappa shape index (κ3) is 1.98. The van der Waals surface area contributed by atoms with Crippen molar-refractivity contribution in [3.63, 3.8) is 0 Å². The molecule has 0 aliphatic carbocycles. The molecule has 0 aromatic carbocycles. The van der Waals surface area contributed by atoms with E-state index in [1.54, 1.807) is 11.3 Å². The van der Waals surface area contributed by atoms with Crippen molar-refractivity contribution in [1.82, 2.24) is 9.97 Å². The SMILES string of the molecule is Cc1cc(NN)nc(-c2cscc2C)n1. The molecule has 15 heavy (non-hydrogen) atoms. The van der Waals surface area contributed by atoms with Gasteiger partial charge in [0.05, 0.1) is 0 Å². The summed E-state index contributed by atoms with van der Waals surface area (Å²) in [5, 5.41) is 4.13. The molecule has 5 heteroatoms. The molecule has 4 nitrogen and oxygen atoms in total. The van der Waals surface area contributed by atoms with Crippen LogP contribution in [0.1, 0.15) is 11.3 Å². The van der Waals surface area contributed by atoms with Crippen LogP contribution in [0.4, 0.5) is 5.82 Å². The van der Waals surface area contributed by atoms with Gasteiger partial charge in [-0.1, -0.05) is 0 Å². The first kappa shape index (κ1) is 10.1. The summed E-state index contributed by atoms with van der Waals surface area (Å²) in [6.07, 6.45) is 0. The Bertz CT molecular complexity index is 478. The van der Waals surface area contributed by atoms with E-state index in [-0.39, 0.29) is 0 Å². The molecule has 2 aromatic heterocycles. The van der Waals surface area contributed by atoms with E-state index in [1.807, 2.05) is 25.3 Å². The first-order valence-electron chi connectivity index (χ1n) is 4.56. The Morgan fingerprint density at radius 1 is 1.27 bits per heavy atom. The second-order valence-electron chi connectivity index (χ2n) is 3.33. The average molecular weight is 220 g/mol. The predicted octanol–water partition coefficient (Wildman–Crippen LogP) is 2.11. The molecule has 78 valence electrons. The normalized spacial score (nSPS) is 10.3. The van der Waals surface area contributed by atoms with Gasteiger partial charge in [0.15, 0.2) is 5.82 Å². The maximum absolute atomic E-state index is 5.34. The molecule has 0 spiro atoms. The quantitative estimate of drug-likeness (QED) is 0.601. The van der Waals surface area contributed by atoms with Crippen LogP contribution in [0.25, 0.3) is 11.4 Å². The summed E-state index contributed by atoms with van der Waals surface area (Å²) in [6.45, 7) is 3.97. The van der Waals surface area contributed by atoms with E-state index in [4.69, 9.17) is 5.84 Å². The van der Waals surface area contributed by atoms with E-state index in [0.717, 1.165) is 17.1 Å². The van der Waals surface area contributed by atoms with Crippen LogP contribution >= 0.6 is 11.3 Å². The zero-order valence-electron chi connectivity index (χ0n) is 8.61. The van der Waals surface area contributed by atoms with Gasteiger partial charge < -0.3 is 5.43 Å². The molecule has 0 unspecified atom stereocenters. The summed E-state index contributed by atoms with van der Waals surface area (Å²) in [4.78, 5) is 8.70. The molecule has 2 heterocycles. The molecule has 0 radical (unpaired) electrons. The Morgan fingerprint density at radius 2 is 2.07 bits per heavy atom. The Morgan fingerprint density at radius 3 is 2.67 bits per heavy atom. The van der Waals surface area contributed by atoms with Crippen molar-refractivity contribution in [2.45, 2.75) is 13.8 Å². The molecule has 3 N–H and O–H groups in total. The number of aryl methyl sites for hydroxylation is 2. The van der Waals surface area contributed by atoms with Crippen molar-refractivity contribution in [2.24, 2.45) is 5.84 Å². The molecule has 0 amide bonds. The number of hydrazine groups is 1. The molecule has 0 atom stereocenters. The van der Waals surface area contributed by atoms with Crippen LogP contribution in [0.15, 0.2) is 16.8 Å². The number of hydrogen-bond acceptors (Lipinski definition) is 5. The molecular weight excluding hydrogens is 208 g/mol. The summed E-state index contributed by atoms with van der Waals surface area (Å²) >= 11 is 1.65. The van der Waals surface area contributed by atoms with Gasteiger partial charge in [-0.3, -0.25) is 0 Å². The van der Waals surface area contributed by atoms with Crippen LogP contribution in [0.3, 0.4) is 0 Å². The number of thiophene rings is 1. The van der Waals surface area contributed by atoms with Crippen molar-refractivity contribution in [3.05, 3.63) is 28.1 Å². The molecule has 2 rings (SSSR count). The fourth-order valence-electron chi connectivity index (χ4n) is 1.35. The maximum Gasteiger partial charge on any atom is 0.162 e. The Hall–Kier alpha value is -1.46. The number of aromatic nitrogens is 2. The lowest BCUT2D eigenvalue weighted by Gasteiger charge is -2.04. The number of nitrogens with one attached hydrogen (secondary N) is 1. The van der Waals surface area contributed by atoms with Gasteiger partial charge in [-0.15, -0.1) is 0 Å². The van der Waals surface area contributed by atoms with Crippen LogP contribution in [0.2, 0.25) is 0 Å². The summed E-state index contributed by atoms with van der Waals surface area (Å²) < 4.78 is 0. The summed E-state index contributed by atoms with van der Waals surface area (Å²) in [5.41, 5.74) is 5.70. The second-order valence-corrected chi connectivity index (χ2v) is 4.07. The van der Waals surface area contributed by atoms with Crippen LogP contribution < -0.4 is 11.3 Å². The molecule has 0 bridgehead atoms. The number of rotatable bonds is 2. The predicted molar refractivity (Wildman–Crippen MR) is 62.6 cm³/mol. The van der Waals surface area contributed by atoms with Crippen molar-refractivity contribution < 1.29 is 0 Å². The summed E-state index contributed by atoms with van der Waals surface area (Å²) in [5.74, 6) is 6.71. The van der Waals surface area contributed by atoms with Gasteiger partial charge in [0, 0.05) is 22.7 Å². The number of nitrogens with two attached hydrogens (primary N) is 1. The number of nitrogen functional groups attached to an aromatic ring is 1. The topological polar surface area (TPSA) is 63.8 Å². The van der Waals surface area contributed by atoms with Gasteiger partial charge in [0.2, 0.25) is 0 Å². The average Bonchev–Trinajstić information content (AvgIpc) is 2.63. The Labute approximate surface area is 92.2 Å². The lowest BCUT2D eigenvalue weighted by Crippen LogP contribution is -2.09. The standard InChI is InChI=1S/C10H12N4S/c1-6-4-15-5-8(6)10-12-7(2)3-9(13-10)14-11/h3-5H,11H2,1-2H3,(H,12,13,14). The molecule has 2 aromatic rings. The molecule has 0 saturated carbocycles. The summed E-state index contributed by atoms with van der Waals surface area (Å²) in [6, 6.07) is 1.81. The first-order chi connectivity index (χ1) is 7.20. The minimum Gasteiger partial charge on any atom is -0.308 e.